The van der Waals surface area contributed by atoms with E-state index in [4.69, 9.17) is 19.2 Å². The van der Waals surface area contributed by atoms with Crippen LogP contribution in [0, 0.1) is 17.8 Å². The topological polar surface area (TPSA) is 215 Å². The number of nitrogens with zero attached hydrogens (tertiary/aromatic N) is 3. The van der Waals surface area contributed by atoms with Crippen molar-refractivity contribution in [1.82, 2.24) is 30.2 Å². The van der Waals surface area contributed by atoms with Gasteiger partial charge in [0.15, 0.2) is 0 Å². The third-order valence-corrected chi connectivity index (χ3v) is 14.4. The number of aromatic nitrogens is 2. The number of allylic oxidation sites excluding steroid dienone is 1. The van der Waals surface area contributed by atoms with Crippen LogP contribution in [-0.2, 0) is 24.4 Å². The Balaban J connectivity index is 1.24. The number of carbonyl (C=O) groups is 4. The number of carboxylic acid groups (broad SMARTS) is 1. The van der Waals surface area contributed by atoms with Crippen LogP contribution in [0.3, 0.4) is 0 Å². The molecule has 17 heteroatoms. The predicted molar refractivity (Wildman–Crippen MR) is 222 cm³/mol. The van der Waals surface area contributed by atoms with Gasteiger partial charge in [0, 0.05) is 35.6 Å². The lowest BCUT2D eigenvalue weighted by atomic mass is 9.88. The van der Waals surface area contributed by atoms with E-state index in [0.717, 1.165) is 11.8 Å². The Morgan fingerprint density at radius 3 is 2.52 bits per heavy atom. The summed E-state index contributed by atoms with van der Waals surface area (Å²) in [5, 5.41) is 16.6. The minimum absolute atomic E-state index is 0.0386. The third-order valence-electron chi connectivity index (χ3n) is 12.2. The van der Waals surface area contributed by atoms with Gasteiger partial charge in [0.2, 0.25) is 33.6 Å². The van der Waals surface area contributed by atoms with Gasteiger partial charge in [0.1, 0.15) is 29.5 Å². The van der Waals surface area contributed by atoms with Gasteiger partial charge in [-0.05, 0) is 107 Å². The first-order valence-corrected chi connectivity index (χ1v) is 22.0. The van der Waals surface area contributed by atoms with Crippen molar-refractivity contribution in [3.63, 3.8) is 0 Å². The first-order chi connectivity index (χ1) is 28.4. The van der Waals surface area contributed by atoms with E-state index >= 15 is 0 Å². The number of hydrogen-bond acceptors (Lipinski definition) is 11. The van der Waals surface area contributed by atoms with Crippen molar-refractivity contribution in [1.29, 1.82) is 0 Å². The molecule has 0 unspecified atom stereocenters. The van der Waals surface area contributed by atoms with Crippen LogP contribution >= 0.6 is 0 Å². The van der Waals surface area contributed by atoms with Crippen molar-refractivity contribution < 1.29 is 46.9 Å². The van der Waals surface area contributed by atoms with Gasteiger partial charge in [-0.25, -0.2) is 23.2 Å². The second-order valence-corrected chi connectivity index (χ2v) is 19.5. The molecule has 3 aromatic rings. The summed E-state index contributed by atoms with van der Waals surface area (Å²) in [5.41, 5.74) is -0.373. The molecular formula is C43H54N6O10S. The van der Waals surface area contributed by atoms with E-state index in [1.807, 2.05) is 58.0 Å². The monoisotopic (exact) mass is 846 g/mol. The molecule has 4 aliphatic rings. The second-order valence-electron chi connectivity index (χ2n) is 17.3. The fraction of sp³-hybridized carbons (Fsp3) is 0.535. The lowest BCUT2D eigenvalue weighted by molar-refractivity contribution is -0.142. The minimum Gasteiger partial charge on any atom is -0.497 e. The summed E-state index contributed by atoms with van der Waals surface area (Å²) < 4.78 is 45.5. The molecule has 4 amide bonds. The van der Waals surface area contributed by atoms with E-state index in [0.29, 0.717) is 54.0 Å². The molecule has 322 valence electrons. The average molecular weight is 847 g/mol. The van der Waals surface area contributed by atoms with Crippen molar-refractivity contribution in [3.05, 3.63) is 54.7 Å². The molecule has 0 radical (unpaired) electrons. The lowest BCUT2D eigenvalue weighted by Crippen LogP contribution is -2.59. The van der Waals surface area contributed by atoms with E-state index < -0.39 is 74.1 Å². The van der Waals surface area contributed by atoms with E-state index in [1.54, 1.807) is 38.4 Å². The predicted octanol–water partition coefficient (Wildman–Crippen LogP) is 4.96. The Bertz CT molecular complexity index is 2300. The second kappa shape index (κ2) is 16.5. The normalized spacial score (nSPS) is 27.8. The fourth-order valence-electron chi connectivity index (χ4n) is 8.30. The van der Waals surface area contributed by atoms with Crippen LogP contribution in [0.15, 0.2) is 54.7 Å². The molecule has 2 aromatic heterocycles. The summed E-state index contributed by atoms with van der Waals surface area (Å²) in [4.78, 5) is 66.0. The molecule has 0 spiro atoms. The smallest absolute Gasteiger partial charge is 0.405 e. The van der Waals surface area contributed by atoms with Gasteiger partial charge >= 0.3 is 6.09 Å². The van der Waals surface area contributed by atoms with Crippen LogP contribution in [0.4, 0.5) is 4.79 Å². The lowest BCUT2D eigenvalue weighted by Gasteiger charge is -2.32. The number of benzene rings is 1. The Morgan fingerprint density at radius 2 is 1.85 bits per heavy atom. The van der Waals surface area contributed by atoms with Gasteiger partial charge in [-0.3, -0.25) is 19.1 Å². The largest absolute Gasteiger partial charge is 0.497 e. The number of methoxy groups -OCH3 is 1. The summed E-state index contributed by atoms with van der Waals surface area (Å²) in [6, 6.07) is 8.46. The number of carbonyl (C=O) groups excluding carboxylic acids is 3. The minimum atomic E-state index is -4.03. The molecule has 16 nitrogen and oxygen atoms in total. The third kappa shape index (κ3) is 8.86. The Kier molecular flexibility index (Phi) is 11.8. The van der Waals surface area contributed by atoms with Crippen LogP contribution in [0.2, 0.25) is 0 Å². The molecule has 1 saturated heterocycles. The molecule has 2 saturated carbocycles. The number of sulfonamides is 1. The Labute approximate surface area is 349 Å². The summed E-state index contributed by atoms with van der Waals surface area (Å²) in [6.45, 7) is 9.12. The molecule has 2 aliphatic heterocycles. The summed E-state index contributed by atoms with van der Waals surface area (Å²) in [6.07, 6.45) is 5.99. The van der Waals surface area contributed by atoms with Crippen LogP contribution in [0.1, 0.15) is 79.6 Å². The van der Waals surface area contributed by atoms with E-state index in [2.05, 4.69) is 20.3 Å². The average Bonchev–Trinajstić information content (AvgIpc) is 4.08. The van der Waals surface area contributed by atoms with Crippen molar-refractivity contribution in [2.24, 2.45) is 17.8 Å². The van der Waals surface area contributed by atoms with Crippen LogP contribution in [-0.4, -0.2) is 100 Å². The molecule has 4 heterocycles. The molecule has 60 heavy (non-hydrogen) atoms. The SMILES string of the molecule is COc1ccc2c(O[C@@H]3C[C@H]4C(=O)N[C@]5(C(=O)NS(=O)(=O)C6(C)CC6)C[C@H]5C=CCC[C@H](C)C[C@@H](C)[C@H](NC(=O)O)C(=O)N4C3)nc(-c3ccc(OC(C)C)nc3)cc2c1. The molecule has 3 fully saturated rings. The first kappa shape index (κ1) is 42.7. The molecule has 4 N–H and O–H groups in total. The van der Waals surface area contributed by atoms with E-state index in [1.165, 1.54) is 4.90 Å². The molecule has 7 atom stereocenters. The number of hydrogen-bond donors (Lipinski definition) is 4. The van der Waals surface area contributed by atoms with Gasteiger partial charge < -0.3 is 34.9 Å². The standard InChI is InChI=1S/C43H54N6O10S/c1-24(2)58-35-14-11-27(22-44-35)33-19-28-18-30(57-6)12-13-32(28)38(45-33)59-31-20-34-37(50)47-43(40(52)48-60(55,56)42(5)15-16-42)21-29(43)10-8-7-9-25(3)17-26(4)36(46-41(53)54)39(51)49(34)23-31/h8,10-14,18-19,22,24-26,29,31,34,36,46H,7,9,15-17,20-21,23H2,1-6H3,(H,47,50)(H,48,52)(H,53,54)/t25-,26+,29+,31+,34-,36-,43+/m0/s1. The zero-order chi connectivity index (χ0) is 43.1. The number of rotatable bonds is 10. The first-order valence-electron chi connectivity index (χ1n) is 20.6. The highest BCUT2D eigenvalue weighted by Gasteiger charge is 2.63. The van der Waals surface area contributed by atoms with Crippen molar-refractivity contribution in [2.45, 2.75) is 114 Å². The maximum Gasteiger partial charge on any atom is 0.405 e. The highest BCUT2D eigenvalue weighted by atomic mass is 32.2. The maximum atomic E-state index is 14.6. The van der Waals surface area contributed by atoms with Crippen molar-refractivity contribution in [2.75, 3.05) is 13.7 Å². The summed E-state index contributed by atoms with van der Waals surface area (Å²) >= 11 is 0. The van der Waals surface area contributed by atoms with Crippen molar-refractivity contribution >= 4 is 44.6 Å². The van der Waals surface area contributed by atoms with Gasteiger partial charge in [-0.15, -0.1) is 0 Å². The van der Waals surface area contributed by atoms with Gasteiger partial charge in [-0.2, -0.15) is 0 Å². The molecule has 7 rings (SSSR count). The maximum absolute atomic E-state index is 14.6. The van der Waals surface area contributed by atoms with Crippen molar-refractivity contribution in [3.8, 4) is 28.8 Å². The van der Waals surface area contributed by atoms with Gasteiger partial charge in [0.05, 0.1) is 30.2 Å². The highest BCUT2D eigenvalue weighted by molar-refractivity contribution is 7.91. The Hall–Kier alpha value is -5.45. The summed E-state index contributed by atoms with van der Waals surface area (Å²) in [5.74, 6) is -1.69. The number of fused-ring (bicyclic) bond motifs is 3. The van der Waals surface area contributed by atoms with Crippen LogP contribution in [0.25, 0.3) is 22.0 Å². The van der Waals surface area contributed by atoms with Gasteiger partial charge in [0.25, 0.3) is 5.91 Å². The zero-order valence-corrected chi connectivity index (χ0v) is 35.6. The van der Waals surface area contributed by atoms with E-state index in [-0.39, 0.29) is 37.3 Å². The number of ether oxygens (including phenoxy) is 3. The highest BCUT2D eigenvalue weighted by Crippen LogP contribution is 2.48. The fourth-order valence-corrected chi connectivity index (χ4v) is 9.61. The van der Waals surface area contributed by atoms with E-state index in [9.17, 15) is 32.7 Å². The zero-order valence-electron chi connectivity index (χ0n) is 34.8. The van der Waals surface area contributed by atoms with Crippen LogP contribution in [0.5, 0.6) is 17.5 Å². The number of nitrogens with one attached hydrogen (secondary N) is 3. The van der Waals surface area contributed by atoms with Crippen LogP contribution < -0.4 is 29.6 Å². The number of pyridine rings is 2. The quantitative estimate of drug-likeness (QED) is 0.199. The number of amides is 4. The molecule has 0 bridgehead atoms. The van der Waals surface area contributed by atoms with Gasteiger partial charge in [-0.1, -0.05) is 26.0 Å². The molecule has 2 aliphatic carbocycles. The Morgan fingerprint density at radius 1 is 1.08 bits per heavy atom. The molecular weight excluding hydrogens is 793 g/mol. The summed E-state index contributed by atoms with van der Waals surface area (Å²) in [7, 11) is -2.47. The molecule has 1 aromatic carbocycles.